The molecule has 24 heavy (non-hydrogen) atoms. The van der Waals surface area contributed by atoms with Crippen LogP contribution in [0.5, 0.6) is 0 Å². The molecule has 0 saturated carbocycles. The summed E-state index contributed by atoms with van der Waals surface area (Å²) in [6, 6.07) is 4.13. The number of aryl methyl sites for hydroxylation is 1. The zero-order valence-corrected chi connectivity index (χ0v) is 14.6. The Hall–Kier alpha value is -1.92. The summed E-state index contributed by atoms with van der Waals surface area (Å²) in [7, 11) is 2.16. The second-order valence-corrected chi connectivity index (χ2v) is 6.88. The second kappa shape index (κ2) is 7.77. The Labute approximate surface area is 143 Å². The summed E-state index contributed by atoms with van der Waals surface area (Å²) in [6.07, 6.45) is 6.10. The highest BCUT2D eigenvalue weighted by molar-refractivity contribution is 5.17. The van der Waals surface area contributed by atoms with Gasteiger partial charge in [0, 0.05) is 31.0 Å². The molecule has 1 aliphatic rings. The number of hydrogen-bond donors (Lipinski definition) is 1. The molecule has 2 aromatic heterocycles. The molecule has 0 aliphatic carbocycles. The molecule has 3 rings (SSSR count). The molecule has 2 N–H and O–H groups in total. The SMILES string of the molecule is Cc1ccc(CN2CCC(CN(C)Cc3cnc(N)nc3)CC2)o1. The lowest BCUT2D eigenvalue weighted by molar-refractivity contribution is 0.140. The first-order valence-electron chi connectivity index (χ1n) is 8.61. The number of anilines is 1. The van der Waals surface area contributed by atoms with E-state index in [1.165, 1.54) is 12.8 Å². The molecule has 130 valence electrons. The maximum Gasteiger partial charge on any atom is 0.219 e. The quantitative estimate of drug-likeness (QED) is 0.877. The van der Waals surface area contributed by atoms with Gasteiger partial charge >= 0.3 is 0 Å². The van der Waals surface area contributed by atoms with Gasteiger partial charge in [0.2, 0.25) is 5.95 Å². The van der Waals surface area contributed by atoms with Crippen molar-refractivity contribution in [1.82, 2.24) is 19.8 Å². The molecule has 6 heteroatoms. The van der Waals surface area contributed by atoms with Gasteiger partial charge in [-0.1, -0.05) is 0 Å². The van der Waals surface area contributed by atoms with Crippen LogP contribution in [0, 0.1) is 12.8 Å². The van der Waals surface area contributed by atoms with Crippen LogP contribution in [0.2, 0.25) is 0 Å². The summed E-state index contributed by atoms with van der Waals surface area (Å²) in [5, 5.41) is 0. The van der Waals surface area contributed by atoms with Crippen LogP contribution in [-0.2, 0) is 13.1 Å². The highest BCUT2D eigenvalue weighted by Gasteiger charge is 2.21. The lowest BCUT2D eigenvalue weighted by Gasteiger charge is -2.33. The van der Waals surface area contributed by atoms with E-state index in [-0.39, 0.29) is 0 Å². The number of nitrogen functional groups attached to an aromatic ring is 1. The van der Waals surface area contributed by atoms with Crippen molar-refractivity contribution in [2.75, 3.05) is 32.4 Å². The van der Waals surface area contributed by atoms with E-state index in [1.807, 2.05) is 25.4 Å². The molecule has 0 amide bonds. The van der Waals surface area contributed by atoms with Crippen LogP contribution in [0.3, 0.4) is 0 Å². The minimum atomic E-state index is 0.334. The molecule has 6 nitrogen and oxygen atoms in total. The smallest absolute Gasteiger partial charge is 0.219 e. The highest BCUT2D eigenvalue weighted by atomic mass is 16.3. The summed E-state index contributed by atoms with van der Waals surface area (Å²) in [5.74, 6) is 3.15. The summed E-state index contributed by atoms with van der Waals surface area (Å²) in [4.78, 5) is 13.0. The van der Waals surface area contributed by atoms with Crippen molar-refractivity contribution in [1.29, 1.82) is 0 Å². The fourth-order valence-corrected chi connectivity index (χ4v) is 3.38. The first-order valence-corrected chi connectivity index (χ1v) is 8.61. The molecule has 1 fully saturated rings. The largest absolute Gasteiger partial charge is 0.465 e. The fourth-order valence-electron chi connectivity index (χ4n) is 3.38. The van der Waals surface area contributed by atoms with Crippen molar-refractivity contribution >= 4 is 5.95 Å². The van der Waals surface area contributed by atoms with E-state index in [9.17, 15) is 0 Å². The van der Waals surface area contributed by atoms with Crippen LogP contribution >= 0.6 is 0 Å². The molecule has 0 spiro atoms. The van der Waals surface area contributed by atoms with Gasteiger partial charge in [0.25, 0.3) is 0 Å². The Bertz CT molecular complexity index is 631. The van der Waals surface area contributed by atoms with Gasteiger partial charge in [0.1, 0.15) is 11.5 Å². The van der Waals surface area contributed by atoms with Crippen molar-refractivity contribution in [2.24, 2.45) is 5.92 Å². The second-order valence-electron chi connectivity index (χ2n) is 6.88. The zero-order valence-electron chi connectivity index (χ0n) is 14.6. The first kappa shape index (κ1) is 16.9. The summed E-state index contributed by atoms with van der Waals surface area (Å²) in [6.45, 7) is 7.19. The predicted octanol–water partition coefficient (Wildman–Crippen LogP) is 2.30. The highest BCUT2D eigenvalue weighted by Crippen LogP contribution is 2.21. The van der Waals surface area contributed by atoms with Crippen LogP contribution in [0.15, 0.2) is 28.9 Å². The number of piperidine rings is 1. The third kappa shape index (κ3) is 4.79. The lowest BCUT2D eigenvalue weighted by atomic mass is 9.96. The van der Waals surface area contributed by atoms with Crippen LogP contribution in [0.4, 0.5) is 5.95 Å². The molecular weight excluding hydrogens is 302 g/mol. The fraction of sp³-hybridized carbons (Fsp3) is 0.556. The van der Waals surface area contributed by atoms with E-state index in [0.29, 0.717) is 5.95 Å². The molecule has 3 heterocycles. The van der Waals surface area contributed by atoms with E-state index >= 15 is 0 Å². The van der Waals surface area contributed by atoms with E-state index in [4.69, 9.17) is 10.2 Å². The standard InChI is InChI=1S/C18H27N5O/c1-14-3-4-17(24-14)13-23-7-5-15(6-8-23)11-22(2)12-16-9-20-18(19)21-10-16/h3-4,9-10,15H,5-8,11-13H2,1-2H3,(H2,19,20,21). The molecule has 0 bridgehead atoms. The van der Waals surface area contributed by atoms with Crippen LogP contribution < -0.4 is 5.73 Å². The molecule has 0 radical (unpaired) electrons. The predicted molar refractivity (Wildman–Crippen MR) is 94.2 cm³/mol. The number of rotatable bonds is 6. The van der Waals surface area contributed by atoms with Crippen LogP contribution in [-0.4, -0.2) is 46.4 Å². The average molecular weight is 329 g/mol. The van der Waals surface area contributed by atoms with Gasteiger partial charge < -0.3 is 15.1 Å². The first-order chi connectivity index (χ1) is 11.6. The van der Waals surface area contributed by atoms with Crippen molar-refractivity contribution in [3.63, 3.8) is 0 Å². The molecule has 2 aromatic rings. The van der Waals surface area contributed by atoms with Crippen molar-refractivity contribution in [2.45, 2.75) is 32.9 Å². The Morgan fingerprint density at radius 2 is 1.96 bits per heavy atom. The molecular formula is C18H27N5O. The van der Waals surface area contributed by atoms with E-state index < -0.39 is 0 Å². The third-order valence-electron chi connectivity index (χ3n) is 4.63. The number of furan rings is 1. The number of aromatic nitrogens is 2. The van der Waals surface area contributed by atoms with Gasteiger partial charge in [-0.15, -0.1) is 0 Å². The minimum Gasteiger partial charge on any atom is -0.465 e. The zero-order chi connectivity index (χ0) is 16.9. The normalized spacial score (nSPS) is 16.8. The van der Waals surface area contributed by atoms with Gasteiger partial charge in [-0.05, 0) is 58.0 Å². The van der Waals surface area contributed by atoms with Crippen molar-refractivity contribution < 1.29 is 4.42 Å². The van der Waals surface area contributed by atoms with Gasteiger partial charge in [0.15, 0.2) is 0 Å². The maximum absolute atomic E-state index is 5.68. The molecule has 1 saturated heterocycles. The van der Waals surface area contributed by atoms with E-state index in [2.05, 4.69) is 32.9 Å². The van der Waals surface area contributed by atoms with Crippen LogP contribution in [0.1, 0.15) is 29.9 Å². The number of likely N-dealkylation sites (tertiary alicyclic amines) is 1. The number of hydrogen-bond acceptors (Lipinski definition) is 6. The van der Waals surface area contributed by atoms with Crippen molar-refractivity contribution in [3.05, 3.63) is 41.6 Å². The Kier molecular flexibility index (Phi) is 5.48. The molecule has 0 unspecified atom stereocenters. The lowest BCUT2D eigenvalue weighted by Crippen LogP contribution is -2.37. The van der Waals surface area contributed by atoms with Crippen molar-refractivity contribution in [3.8, 4) is 0 Å². The molecule has 0 aromatic carbocycles. The summed E-state index contributed by atoms with van der Waals surface area (Å²) in [5.41, 5.74) is 6.64. The Morgan fingerprint density at radius 1 is 1.25 bits per heavy atom. The molecule has 1 aliphatic heterocycles. The average Bonchev–Trinajstić information content (AvgIpc) is 2.96. The van der Waals surface area contributed by atoms with Gasteiger partial charge in [-0.25, -0.2) is 9.97 Å². The third-order valence-corrected chi connectivity index (χ3v) is 4.63. The summed E-state index contributed by atoms with van der Waals surface area (Å²) >= 11 is 0. The molecule has 0 atom stereocenters. The number of nitrogens with two attached hydrogens (primary N) is 1. The van der Waals surface area contributed by atoms with E-state index in [0.717, 1.165) is 55.7 Å². The van der Waals surface area contributed by atoms with Gasteiger partial charge in [-0.3, -0.25) is 4.90 Å². The van der Waals surface area contributed by atoms with Gasteiger partial charge in [0.05, 0.1) is 6.54 Å². The topological polar surface area (TPSA) is 71.4 Å². The minimum absolute atomic E-state index is 0.334. The number of nitrogens with zero attached hydrogens (tertiary/aromatic N) is 4. The maximum atomic E-state index is 5.68. The Balaban J connectivity index is 1.40. The van der Waals surface area contributed by atoms with E-state index in [1.54, 1.807) is 0 Å². The van der Waals surface area contributed by atoms with Gasteiger partial charge in [-0.2, -0.15) is 0 Å². The summed E-state index contributed by atoms with van der Waals surface area (Å²) < 4.78 is 5.68. The Morgan fingerprint density at radius 3 is 2.58 bits per heavy atom. The van der Waals surface area contributed by atoms with Crippen LogP contribution in [0.25, 0.3) is 0 Å². The monoisotopic (exact) mass is 329 g/mol.